The molecule has 2 N–H and O–H groups in total. The molecule has 0 unspecified atom stereocenters. The van der Waals surface area contributed by atoms with Crippen LogP contribution in [0.2, 0.25) is 0 Å². The fourth-order valence-electron chi connectivity index (χ4n) is 1.72. The maximum Gasteiger partial charge on any atom is 0.240 e. The van der Waals surface area contributed by atoms with E-state index in [2.05, 4.69) is 26.1 Å². The number of fused-ring (bicyclic) bond motifs is 1. The predicted octanol–water partition coefficient (Wildman–Crippen LogP) is 1.82. The highest BCUT2D eigenvalue weighted by Gasteiger charge is 2.17. The molecular formula is C11H10BrN3O3. The first-order valence-electron chi connectivity index (χ1n) is 5.34. The maximum absolute atomic E-state index is 5.44. The van der Waals surface area contributed by atoms with E-state index in [4.69, 9.17) is 19.7 Å². The number of nitrogens with zero attached hydrogens (tertiary/aromatic N) is 2. The smallest absolute Gasteiger partial charge is 0.240 e. The Hall–Kier alpha value is -1.44. The van der Waals surface area contributed by atoms with Gasteiger partial charge in [0.2, 0.25) is 11.7 Å². The molecule has 94 valence electrons. The number of ether oxygens (including phenoxy) is 2. The van der Waals surface area contributed by atoms with Crippen molar-refractivity contribution < 1.29 is 14.0 Å². The van der Waals surface area contributed by atoms with Gasteiger partial charge >= 0.3 is 0 Å². The Morgan fingerprint density at radius 2 is 2.28 bits per heavy atom. The molecular weight excluding hydrogens is 302 g/mol. The molecule has 3 rings (SSSR count). The van der Waals surface area contributed by atoms with Crippen LogP contribution >= 0.6 is 15.9 Å². The molecule has 7 heteroatoms. The minimum Gasteiger partial charge on any atom is -0.467 e. The third-order valence-electron chi connectivity index (χ3n) is 2.59. The molecule has 2 aromatic rings. The quantitative estimate of drug-likeness (QED) is 0.911. The van der Waals surface area contributed by atoms with Gasteiger partial charge in [0, 0.05) is 15.6 Å². The van der Waals surface area contributed by atoms with Crippen molar-refractivity contribution in [1.29, 1.82) is 0 Å². The lowest BCUT2D eigenvalue weighted by Gasteiger charge is -2.18. The molecule has 1 aliphatic heterocycles. The van der Waals surface area contributed by atoms with Crippen molar-refractivity contribution in [3.63, 3.8) is 0 Å². The van der Waals surface area contributed by atoms with Crippen LogP contribution in [0.3, 0.4) is 0 Å². The monoisotopic (exact) mass is 311 g/mol. The fraction of sp³-hybridized carbons (Fsp3) is 0.273. The molecule has 0 fully saturated rings. The molecule has 6 nitrogen and oxygen atoms in total. The van der Waals surface area contributed by atoms with Gasteiger partial charge in [-0.1, -0.05) is 21.1 Å². The van der Waals surface area contributed by atoms with Crippen molar-refractivity contribution in [1.82, 2.24) is 10.1 Å². The van der Waals surface area contributed by atoms with Crippen molar-refractivity contribution in [2.45, 2.75) is 13.2 Å². The zero-order valence-electron chi connectivity index (χ0n) is 9.35. The Morgan fingerprint density at radius 1 is 1.39 bits per heavy atom. The highest BCUT2D eigenvalue weighted by Crippen LogP contribution is 2.35. The zero-order valence-corrected chi connectivity index (χ0v) is 10.9. The molecule has 0 atom stereocenters. The number of benzene rings is 1. The first kappa shape index (κ1) is 11.6. The summed E-state index contributed by atoms with van der Waals surface area (Å²) in [5.41, 5.74) is 7.23. The number of halogens is 1. The topological polar surface area (TPSA) is 83.4 Å². The van der Waals surface area contributed by atoms with Crippen LogP contribution in [0.25, 0.3) is 11.4 Å². The van der Waals surface area contributed by atoms with E-state index < -0.39 is 0 Å². The first-order chi connectivity index (χ1) is 8.78. The Bertz CT molecular complexity index is 585. The van der Waals surface area contributed by atoms with Crippen LogP contribution < -0.4 is 10.5 Å². The summed E-state index contributed by atoms with van der Waals surface area (Å²) in [6.45, 7) is 1.02. The number of hydrogen-bond donors (Lipinski definition) is 1. The molecule has 18 heavy (non-hydrogen) atoms. The minimum absolute atomic E-state index is 0.222. The summed E-state index contributed by atoms with van der Waals surface area (Å²) in [6.07, 6.45) is 0. The van der Waals surface area contributed by atoms with Crippen LogP contribution in [-0.4, -0.2) is 16.9 Å². The summed E-state index contributed by atoms with van der Waals surface area (Å²) in [5.74, 6) is 1.66. The molecule has 0 radical (unpaired) electrons. The highest BCUT2D eigenvalue weighted by molar-refractivity contribution is 9.10. The van der Waals surface area contributed by atoms with Crippen LogP contribution in [0.1, 0.15) is 11.5 Å². The van der Waals surface area contributed by atoms with Gasteiger partial charge in [-0.25, -0.2) is 0 Å². The van der Waals surface area contributed by atoms with Crippen LogP contribution in [0.4, 0.5) is 0 Å². The summed E-state index contributed by atoms with van der Waals surface area (Å²) in [5, 5.41) is 3.88. The summed E-state index contributed by atoms with van der Waals surface area (Å²) >= 11 is 3.48. The number of aromatic nitrogens is 2. The van der Waals surface area contributed by atoms with Crippen molar-refractivity contribution in [3.05, 3.63) is 28.1 Å². The molecule has 2 heterocycles. The van der Waals surface area contributed by atoms with Gasteiger partial charge in [0.05, 0.1) is 13.2 Å². The Kier molecular flexibility index (Phi) is 3.02. The van der Waals surface area contributed by atoms with Gasteiger partial charge < -0.3 is 19.7 Å². The Labute approximate surface area is 111 Å². The lowest BCUT2D eigenvalue weighted by Crippen LogP contribution is -2.11. The standard InChI is InChI=1S/C11H10BrN3O3/c12-8-1-6-4-16-5-17-9(6)2-7(8)11-14-10(3-13)18-15-11/h1-2H,3-5,13H2. The number of rotatable bonds is 2. The highest BCUT2D eigenvalue weighted by atomic mass is 79.9. The Balaban J connectivity index is 2.06. The van der Waals surface area contributed by atoms with Crippen LogP contribution in [-0.2, 0) is 17.9 Å². The third-order valence-corrected chi connectivity index (χ3v) is 3.25. The molecule has 0 saturated heterocycles. The van der Waals surface area contributed by atoms with Gasteiger partial charge in [0.1, 0.15) is 5.75 Å². The van der Waals surface area contributed by atoms with Crippen LogP contribution in [0, 0.1) is 0 Å². The molecule has 0 bridgehead atoms. The normalized spacial score (nSPS) is 14.1. The molecule has 0 saturated carbocycles. The second-order valence-electron chi connectivity index (χ2n) is 3.77. The summed E-state index contributed by atoms with van der Waals surface area (Å²) < 4.78 is 16.5. The van der Waals surface area contributed by atoms with Crippen molar-refractivity contribution in [3.8, 4) is 17.1 Å². The summed E-state index contributed by atoms with van der Waals surface area (Å²) in [6, 6.07) is 3.80. The van der Waals surface area contributed by atoms with Gasteiger partial charge in [-0.2, -0.15) is 4.98 Å². The third kappa shape index (κ3) is 2.00. The van der Waals surface area contributed by atoms with E-state index in [9.17, 15) is 0 Å². The number of hydrogen-bond acceptors (Lipinski definition) is 6. The average molecular weight is 312 g/mol. The van der Waals surface area contributed by atoms with E-state index in [0.29, 0.717) is 18.3 Å². The van der Waals surface area contributed by atoms with Crippen molar-refractivity contribution >= 4 is 15.9 Å². The second-order valence-corrected chi connectivity index (χ2v) is 4.62. The Morgan fingerprint density at radius 3 is 3.06 bits per heavy atom. The van der Waals surface area contributed by atoms with Gasteiger partial charge in [-0.3, -0.25) is 0 Å². The van der Waals surface area contributed by atoms with Crippen molar-refractivity contribution in [2.24, 2.45) is 5.73 Å². The molecule has 1 aromatic heterocycles. The minimum atomic E-state index is 0.222. The van der Waals surface area contributed by atoms with Crippen LogP contribution in [0.15, 0.2) is 21.1 Å². The van der Waals surface area contributed by atoms with E-state index >= 15 is 0 Å². The van der Waals surface area contributed by atoms with E-state index in [1.165, 1.54) is 0 Å². The number of nitrogens with two attached hydrogens (primary N) is 1. The fourth-order valence-corrected chi connectivity index (χ4v) is 2.29. The van der Waals surface area contributed by atoms with E-state index in [0.717, 1.165) is 21.3 Å². The van der Waals surface area contributed by atoms with E-state index in [1.807, 2.05) is 12.1 Å². The van der Waals surface area contributed by atoms with Gasteiger partial charge in [-0.15, -0.1) is 0 Å². The molecule has 1 aliphatic rings. The van der Waals surface area contributed by atoms with Gasteiger partial charge in [-0.05, 0) is 12.1 Å². The molecule has 0 aliphatic carbocycles. The lowest BCUT2D eigenvalue weighted by molar-refractivity contribution is -0.0163. The summed E-state index contributed by atoms with van der Waals surface area (Å²) in [7, 11) is 0. The summed E-state index contributed by atoms with van der Waals surface area (Å²) in [4.78, 5) is 4.19. The van der Waals surface area contributed by atoms with Crippen molar-refractivity contribution in [2.75, 3.05) is 6.79 Å². The van der Waals surface area contributed by atoms with Crippen LogP contribution in [0.5, 0.6) is 5.75 Å². The van der Waals surface area contributed by atoms with E-state index in [-0.39, 0.29) is 13.3 Å². The van der Waals surface area contributed by atoms with Gasteiger partial charge in [0.15, 0.2) is 6.79 Å². The predicted molar refractivity (Wildman–Crippen MR) is 65.6 cm³/mol. The zero-order chi connectivity index (χ0) is 12.5. The molecule has 1 aromatic carbocycles. The second kappa shape index (κ2) is 4.68. The molecule has 0 spiro atoms. The SMILES string of the molecule is NCc1nc(-c2cc3c(cc2Br)COCO3)no1. The van der Waals surface area contributed by atoms with Gasteiger partial charge in [0.25, 0.3) is 0 Å². The van der Waals surface area contributed by atoms with E-state index in [1.54, 1.807) is 0 Å². The molecule has 0 amide bonds. The largest absolute Gasteiger partial charge is 0.467 e. The average Bonchev–Trinajstić information content (AvgIpc) is 2.86. The lowest BCUT2D eigenvalue weighted by atomic mass is 10.1. The first-order valence-corrected chi connectivity index (χ1v) is 6.13. The maximum atomic E-state index is 5.44.